The minimum Gasteiger partial charge on any atom is -0.423 e. The van der Waals surface area contributed by atoms with Gasteiger partial charge in [0.2, 0.25) is 17.7 Å². The average molecular weight is 289 g/mol. The summed E-state index contributed by atoms with van der Waals surface area (Å²) in [5.41, 5.74) is 0. The van der Waals surface area contributed by atoms with Crippen molar-refractivity contribution in [1.82, 2.24) is 15.1 Å². The van der Waals surface area contributed by atoms with Crippen molar-refractivity contribution < 1.29 is 22.7 Å². The van der Waals surface area contributed by atoms with Crippen LogP contribution in [0.15, 0.2) is 4.42 Å². The monoisotopic (exact) mass is 289 g/mol. The molecule has 1 saturated heterocycles. The number of likely N-dealkylation sites (tertiary alicyclic amines) is 1. The summed E-state index contributed by atoms with van der Waals surface area (Å²) in [6.45, 7) is 4.44. The summed E-state index contributed by atoms with van der Waals surface area (Å²) in [5, 5.41) is 7.43. The molecule has 0 radical (unpaired) electrons. The summed E-state index contributed by atoms with van der Waals surface area (Å²) < 4.78 is 36.7. The summed E-state index contributed by atoms with van der Waals surface area (Å²) in [7, 11) is 0. The lowest BCUT2D eigenvalue weighted by Gasteiger charge is -2.40. The molecular formula is C12H17F2N3O3. The fourth-order valence-corrected chi connectivity index (χ4v) is 1.80. The first-order chi connectivity index (χ1) is 9.27. The van der Waals surface area contributed by atoms with Gasteiger partial charge in [0.25, 0.3) is 5.92 Å². The molecule has 1 aliphatic rings. The Hall–Kier alpha value is -1.57. The van der Waals surface area contributed by atoms with Crippen molar-refractivity contribution >= 4 is 5.91 Å². The Morgan fingerprint density at radius 1 is 1.55 bits per heavy atom. The predicted molar refractivity (Wildman–Crippen MR) is 64.0 cm³/mol. The number of aryl methyl sites for hydroxylation is 1. The zero-order chi connectivity index (χ0) is 14.9. The highest BCUT2D eigenvalue weighted by Crippen LogP contribution is 2.27. The maximum atomic E-state index is 13.0. The van der Waals surface area contributed by atoms with Gasteiger partial charge in [-0.25, -0.2) is 8.78 Å². The lowest BCUT2D eigenvalue weighted by Crippen LogP contribution is -2.57. The first kappa shape index (κ1) is 14.8. The van der Waals surface area contributed by atoms with Crippen LogP contribution in [-0.4, -0.2) is 46.1 Å². The summed E-state index contributed by atoms with van der Waals surface area (Å²) in [6.07, 6.45) is -0.177. The maximum Gasteiger partial charge on any atom is 0.256 e. The van der Waals surface area contributed by atoms with E-state index in [0.717, 1.165) is 6.92 Å². The molecule has 0 aliphatic carbocycles. The molecule has 1 fully saturated rings. The van der Waals surface area contributed by atoms with Crippen molar-refractivity contribution in [1.29, 1.82) is 0 Å². The molecule has 0 saturated carbocycles. The third-order valence-corrected chi connectivity index (χ3v) is 3.30. The van der Waals surface area contributed by atoms with Gasteiger partial charge in [-0.15, -0.1) is 10.2 Å². The van der Waals surface area contributed by atoms with Crippen molar-refractivity contribution in [2.24, 2.45) is 5.92 Å². The van der Waals surface area contributed by atoms with Crippen molar-refractivity contribution in [2.45, 2.75) is 39.4 Å². The SMILES string of the molecule is Cc1nnc(COC2CN(C(=O)C(C)C(C)(F)F)C2)o1. The van der Waals surface area contributed by atoms with Crippen molar-refractivity contribution in [3.05, 3.63) is 11.8 Å². The lowest BCUT2D eigenvalue weighted by molar-refractivity contribution is -0.161. The molecule has 0 bridgehead atoms. The van der Waals surface area contributed by atoms with Crippen LogP contribution in [-0.2, 0) is 16.1 Å². The first-order valence-electron chi connectivity index (χ1n) is 6.34. The van der Waals surface area contributed by atoms with Crippen LogP contribution < -0.4 is 0 Å². The minimum atomic E-state index is -3.01. The highest BCUT2D eigenvalue weighted by molar-refractivity contribution is 5.80. The number of carbonyl (C=O) groups excluding carboxylic acids is 1. The van der Waals surface area contributed by atoms with E-state index in [0.29, 0.717) is 24.9 Å². The number of aromatic nitrogens is 2. The summed E-state index contributed by atoms with van der Waals surface area (Å²) in [6, 6.07) is 0. The van der Waals surface area contributed by atoms with E-state index in [-0.39, 0.29) is 12.7 Å². The highest BCUT2D eigenvalue weighted by Gasteiger charge is 2.42. The Bertz CT molecular complexity index is 481. The summed E-state index contributed by atoms with van der Waals surface area (Å²) in [4.78, 5) is 13.1. The molecular weight excluding hydrogens is 272 g/mol. The Kier molecular flexibility index (Phi) is 4.03. The van der Waals surface area contributed by atoms with E-state index in [1.807, 2.05) is 0 Å². The molecule has 1 amide bonds. The zero-order valence-electron chi connectivity index (χ0n) is 11.6. The molecule has 1 unspecified atom stereocenters. The van der Waals surface area contributed by atoms with Crippen LogP contribution in [0, 0.1) is 12.8 Å². The third-order valence-electron chi connectivity index (χ3n) is 3.30. The molecule has 2 heterocycles. The van der Waals surface area contributed by atoms with Gasteiger partial charge in [0.05, 0.1) is 12.0 Å². The molecule has 1 atom stereocenters. The van der Waals surface area contributed by atoms with Crippen LogP contribution >= 0.6 is 0 Å². The highest BCUT2D eigenvalue weighted by atomic mass is 19.3. The van der Waals surface area contributed by atoms with Crippen LogP contribution in [0.5, 0.6) is 0 Å². The number of hydrogen-bond donors (Lipinski definition) is 0. The van der Waals surface area contributed by atoms with E-state index in [9.17, 15) is 13.6 Å². The predicted octanol–water partition coefficient (Wildman–Crippen LogP) is 1.40. The van der Waals surface area contributed by atoms with Crippen LogP contribution in [0.4, 0.5) is 8.78 Å². The number of carbonyl (C=O) groups is 1. The van der Waals surface area contributed by atoms with E-state index in [1.165, 1.54) is 11.8 Å². The van der Waals surface area contributed by atoms with Gasteiger partial charge in [-0.05, 0) is 6.92 Å². The van der Waals surface area contributed by atoms with Crippen molar-refractivity contribution in [2.75, 3.05) is 13.1 Å². The molecule has 6 nitrogen and oxygen atoms in total. The quantitative estimate of drug-likeness (QED) is 0.819. The molecule has 8 heteroatoms. The molecule has 1 aliphatic heterocycles. The number of hydrogen-bond acceptors (Lipinski definition) is 5. The Morgan fingerprint density at radius 3 is 2.70 bits per heavy atom. The van der Waals surface area contributed by atoms with E-state index < -0.39 is 17.7 Å². The Morgan fingerprint density at radius 2 is 2.20 bits per heavy atom. The van der Waals surface area contributed by atoms with Gasteiger partial charge in [0, 0.05) is 26.9 Å². The third kappa shape index (κ3) is 3.30. The first-order valence-corrected chi connectivity index (χ1v) is 6.34. The number of rotatable bonds is 5. The van der Waals surface area contributed by atoms with Gasteiger partial charge >= 0.3 is 0 Å². The Balaban J connectivity index is 1.73. The zero-order valence-corrected chi connectivity index (χ0v) is 11.6. The van der Waals surface area contributed by atoms with Crippen LogP contribution in [0.25, 0.3) is 0 Å². The summed E-state index contributed by atoms with van der Waals surface area (Å²) in [5.74, 6) is -4.06. The molecule has 20 heavy (non-hydrogen) atoms. The number of nitrogens with zero attached hydrogens (tertiary/aromatic N) is 3. The van der Waals surface area contributed by atoms with Gasteiger partial charge in [-0.1, -0.05) is 0 Å². The molecule has 0 aromatic carbocycles. The second-order valence-electron chi connectivity index (χ2n) is 5.07. The second-order valence-corrected chi connectivity index (χ2v) is 5.07. The number of amides is 1. The fraction of sp³-hybridized carbons (Fsp3) is 0.750. The van der Waals surface area contributed by atoms with Crippen molar-refractivity contribution in [3.63, 3.8) is 0 Å². The molecule has 1 aromatic heterocycles. The van der Waals surface area contributed by atoms with Crippen LogP contribution in [0.1, 0.15) is 25.6 Å². The largest absolute Gasteiger partial charge is 0.423 e. The van der Waals surface area contributed by atoms with E-state index in [4.69, 9.17) is 9.15 Å². The maximum absolute atomic E-state index is 13.0. The van der Waals surface area contributed by atoms with Crippen LogP contribution in [0.3, 0.4) is 0 Å². The second kappa shape index (κ2) is 5.43. The summed E-state index contributed by atoms with van der Waals surface area (Å²) >= 11 is 0. The molecule has 0 spiro atoms. The fourth-order valence-electron chi connectivity index (χ4n) is 1.80. The van der Waals surface area contributed by atoms with E-state index in [2.05, 4.69) is 10.2 Å². The van der Waals surface area contributed by atoms with E-state index >= 15 is 0 Å². The van der Waals surface area contributed by atoms with Gasteiger partial charge < -0.3 is 14.1 Å². The molecule has 112 valence electrons. The smallest absolute Gasteiger partial charge is 0.256 e. The van der Waals surface area contributed by atoms with Gasteiger partial charge in [-0.2, -0.15) is 0 Å². The van der Waals surface area contributed by atoms with Gasteiger partial charge in [0.1, 0.15) is 6.61 Å². The van der Waals surface area contributed by atoms with E-state index in [1.54, 1.807) is 6.92 Å². The average Bonchev–Trinajstić information content (AvgIpc) is 2.70. The van der Waals surface area contributed by atoms with Crippen LogP contribution in [0.2, 0.25) is 0 Å². The number of alkyl halides is 2. The topological polar surface area (TPSA) is 68.5 Å². The van der Waals surface area contributed by atoms with Gasteiger partial charge in [-0.3, -0.25) is 4.79 Å². The normalized spacial score (nSPS) is 17.9. The minimum absolute atomic E-state index is 0.160. The Labute approximate surface area is 115 Å². The molecule has 2 rings (SSSR count). The number of ether oxygens (including phenoxy) is 1. The lowest BCUT2D eigenvalue weighted by atomic mass is 10.0. The molecule has 1 aromatic rings. The van der Waals surface area contributed by atoms with Gasteiger partial charge in [0.15, 0.2) is 0 Å². The van der Waals surface area contributed by atoms with Crippen molar-refractivity contribution in [3.8, 4) is 0 Å². The number of halogens is 2. The standard InChI is InChI=1S/C12H17F2N3O3/c1-7(12(3,13)14)11(18)17-4-9(5-17)19-6-10-16-15-8(2)20-10/h7,9H,4-6H2,1-3H3. The molecule has 0 N–H and O–H groups in total.